The van der Waals surface area contributed by atoms with E-state index < -0.39 is 30.4 Å². The number of aromatic nitrogens is 3. The van der Waals surface area contributed by atoms with Crippen LogP contribution in [0.4, 0.5) is 0 Å². The zero-order chi connectivity index (χ0) is 49.9. The molecule has 0 atom stereocenters. The summed E-state index contributed by atoms with van der Waals surface area (Å²) in [6.07, 6.45) is 0.189. The molecule has 4 aromatic heterocycles. The number of fused-ring (bicyclic) bond motifs is 5. The molecule has 0 aliphatic heterocycles. The van der Waals surface area contributed by atoms with Crippen LogP contribution in [0.15, 0.2) is 169 Å². The van der Waals surface area contributed by atoms with E-state index in [4.69, 9.17) is 18.5 Å². The van der Waals surface area contributed by atoms with Crippen molar-refractivity contribution >= 4 is 32.7 Å². The van der Waals surface area contributed by atoms with Gasteiger partial charge < -0.3 is 19.4 Å². The van der Waals surface area contributed by atoms with Gasteiger partial charge in [0, 0.05) is 33.6 Å². The summed E-state index contributed by atoms with van der Waals surface area (Å²) < 4.78 is 71.6. The SMILES string of the molecule is [2H]C([2H])([2H])c1cc(-c2[c-]ccc3c2oc2ccc4ccccc4c23)ncc1C([2H])([2H])C([2H])([2H])c1cc(CC(C)(C)c2ccc(-c3[c-]cccc3)nc2)cc(CC(C)(C)c2ccc(-c3[c-]cccc3)nc2)c1.[Ir+3]. The van der Waals surface area contributed by atoms with E-state index in [9.17, 15) is 5.48 Å². The zero-order valence-corrected chi connectivity index (χ0v) is 39.0. The Morgan fingerprint density at radius 3 is 1.78 bits per heavy atom. The average Bonchev–Trinajstić information content (AvgIpc) is 3.76. The first-order chi connectivity index (χ1) is 33.8. The summed E-state index contributed by atoms with van der Waals surface area (Å²) in [7, 11) is 0. The molecule has 0 aliphatic rings. The molecular formula is C60H50IrN3O. The van der Waals surface area contributed by atoms with Crippen LogP contribution in [0.5, 0.6) is 0 Å². The average molecular weight is 1030 g/mol. The van der Waals surface area contributed by atoms with Crippen LogP contribution in [-0.2, 0) is 56.5 Å². The van der Waals surface area contributed by atoms with Gasteiger partial charge in [-0.1, -0.05) is 123 Å². The Balaban J connectivity index is 0.00000640. The van der Waals surface area contributed by atoms with Crippen LogP contribution < -0.4 is 0 Å². The molecule has 4 heterocycles. The molecule has 0 bridgehead atoms. The van der Waals surface area contributed by atoms with Crippen molar-refractivity contribution in [2.24, 2.45) is 0 Å². The van der Waals surface area contributed by atoms with Crippen LogP contribution in [-0.4, -0.2) is 15.0 Å². The Hall–Kier alpha value is -6.52. The summed E-state index contributed by atoms with van der Waals surface area (Å²) in [5, 5.41) is 3.76. The minimum absolute atomic E-state index is 0. The number of hydrogen-bond donors (Lipinski definition) is 0. The first kappa shape index (κ1) is 35.8. The van der Waals surface area contributed by atoms with Crippen molar-refractivity contribution < 1.29 is 34.1 Å². The Labute approximate surface area is 406 Å². The van der Waals surface area contributed by atoms with Crippen LogP contribution >= 0.6 is 0 Å². The molecule has 4 nitrogen and oxygen atoms in total. The Morgan fingerprint density at radius 2 is 1.18 bits per heavy atom. The van der Waals surface area contributed by atoms with Gasteiger partial charge in [0.2, 0.25) is 0 Å². The van der Waals surface area contributed by atoms with Crippen molar-refractivity contribution in [1.82, 2.24) is 15.0 Å². The van der Waals surface area contributed by atoms with Gasteiger partial charge in [-0.15, -0.1) is 90.0 Å². The van der Waals surface area contributed by atoms with Crippen LogP contribution in [0.25, 0.3) is 66.5 Å². The minimum Gasteiger partial charge on any atom is -0.501 e. The fourth-order valence-corrected chi connectivity index (χ4v) is 8.81. The molecule has 320 valence electrons. The molecule has 10 aromatic rings. The Morgan fingerprint density at radius 1 is 0.569 bits per heavy atom. The summed E-state index contributed by atoms with van der Waals surface area (Å²) in [6, 6.07) is 55.5. The van der Waals surface area contributed by atoms with Crippen LogP contribution in [0.2, 0.25) is 0 Å². The van der Waals surface area contributed by atoms with Gasteiger partial charge in [-0.3, -0.25) is 0 Å². The van der Waals surface area contributed by atoms with E-state index in [1.54, 1.807) is 18.2 Å². The monoisotopic (exact) mass is 1030 g/mol. The van der Waals surface area contributed by atoms with Gasteiger partial charge in [0.05, 0.1) is 5.58 Å². The zero-order valence-electron chi connectivity index (χ0n) is 43.6. The molecule has 0 unspecified atom stereocenters. The maximum absolute atomic E-state index is 9.79. The summed E-state index contributed by atoms with van der Waals surface area (Å²) in [4.78, 5) is 14.2. The summed E-state index contributed by atoms with van der Waals surface area (Å²) in [5.41, 5.74) is 7.03. The first-order valence-electron chi connectivity index (χ1n) is 25.1. The minimum atomic E-state index is -2.89. The van der Waals surface area contributed by atoms with Gasteiger partial charge in [-0.2, -0.15) is 0 Å². The van der Waals surface area contributed by atoms with Crippen molar-refractivity contribution in [2.45, 2.75) is 71.0 Å². The summed E-state index contributed by atoms with van der Waals surface area (Å²) in [6.45, 7) is 5.60. The molecule has 0 saturated carbocycles. The number of aryl methyl sites for hydroxylation is 3. The maximum Gasteiger partial charge on any atom is 3.00 e. The van der Waals surface area contributed by atoms with Gasteiger partial charge >= 0.3 is 20.1 Å². The number of nitrogens with zero attached hydrogens (tertiary/aromatic N) is 3. The largest absolute Gasteiger partial charge is 3.00 e. The van der Waals surface area contributed by atoms with Gasteiger partial charge in [0.25, 0.3) is 0 Å². The third-order valence-electron chi connectivity index (χ3n) is 12.2. The number of furan rings is 1. The van der Waals surface area contributed by atoms with Crippen molar-refractivity contribution in [3.8, 4) is 33.8 Å². The molecule has 0 amide bonds. The van der Waals surface area contributed by atoms with Crippen molar-refractivity contribution in [3.63, 3.8) is 0 Å². The maximum atomic E-state index is 9.79. The van der Waals surface area contributed by atoms with E-state index in [0.29, 0.717) is 29.6 Å². The second kappa shape index (κ2) is 18.2. The molecule has 0 N–H and O–H groups in total. The van der Waals surface area contributed by atoms with E-state index >= 15 is 0 Å². The quantitative estimate of drug-likeness (QED) is 0.114. The third-order valence-corrected chi connectivity index (χ3v) is 12.2. The number of rotatable bonds is 12. The molecule has 5 heteroatoms. The second-order valence-corrected chi connectivity index (χ2v) is 17.8. The van der Waals surface area contributed by atoms with Crippen LogP contribution in [0.3, 0.4) is 0 Å². The van der Waals surface area contributed by atoms with Crippen molar-refractivity contribution in [2.75, 3.05) is 0 Å². The summed E-state index contributed by atoms with van der Waals surface area (Å²) in [5.74, 6) is 0. The van der Waals surface area contributed by atoms with Gasteiger partial charge in [0.15, 0.2) is 0 Å². The second-order valence-electron chi connectivity index (χ2n) is 17.8. The smallest absolute Gasteiger partial charge is 0.501 e. The molecule has 65 heavy (non-hydrogen) atoms. The Bertz CT molecular complexity index is 3460. The van der Waals surface area contributed by atoms with Crippen molar-refractivity contribution in [3.05, 3.63) is 221 Å². The molecule has 0 spiro atoms. The van der Waals surface area contributed by atoms with Crippen LogP contribution in [0.1, 0.15) is 76.2 Å². The van der Waals surface area contributed by atoms with E-state index in [1.165, 1.54) is 12.3 Å². The van der Waals surface area contributed by atoms with E-state index in [1.807, 2.05) is 116 Å². The molecule has 6 aromatic carbocycles. The molecule has 0 radical (unpaired) electrons. The Kier molecular flexibility index (Phi) is 10.00. The van der Waals surface area contributed by atoms with Crippen molar-refractivity contribution in [1.29, 1.82) is 0 Å². The first-order valence-corrected chi connectivity index (χ1v) is 21.6. The number of pyridine rings is 3. The normalized spacial score (nSPS) is 14.1. The molecule has 0 aliphatic carbocycles. The molecule has 0 saturated heterocycles. The van der Waals surface area contributed by atoms with Gasteiger partial charge in [0.1, 0.15) is 5.58 Å². The topological polar surface area (TPSA) is 51.8 Å². The number of hydrogen-bond acceptors (Lipinski definition) is 4. The standard InChI is InChI=1S/C60H50N3O.Ir/c1-40-31-55(51-21-14-22-52-57-50-20-13-12-15-44(50)25-30-56(57)64-58(51)52)61-37-47(40)24-23-41-32-42(35-59(2,3)48-26-28-53(62-38-48)45-16-8-6-9-17-45)34-43(33-41)36-60(4,5)49-27-29-54(63-39-49)46-18-10-7-11-19-46;/h6-16,18,20,22,25-34,37-39H,23-24,35-36H2,1-5H3;/q-3;+3/i1D3,23D2,24D2;. The van der Waals surface area contributed by atoms with E-state index in [0.717, 1.165) is 66.3 Å². The van der Waals surface area contributed by atoms with E-state index in [2.05, 4.69) is 69.1 Å². The van der Waals surface area contributed by atoms with E-state index in [-0.39, 0.29) is 42.5 Å². The molecular weight excluding hydrogens is 971 g/mol. The van der Waals surface area contributed by atoms with Crippen LogP contribution in [0, 0.1) is 25.1 Å². The predicted molar refractivity (Wildman–Crippen MR) is 262 cm³/mol. The fourth-order valence-electron chi connectivity index (χ4n) is 8.81. The molecule has 10 rings (SSSR count). The summed E-state index contributed by atoms with van der Waals surface area (Å²) >= 11 is 0. The fraction of sp³-hybridized carbons (Fsp3) is 0.183. The van der Waals surface area contributed by atoms with Gasteiger partial charge in [-0.25, -0.2) is 0 Å². The third kappa shape index (κ3) is 9.09. The molecule has 0 fully saturated rings. The number of benzene rings is 6. The predicted octanol–water partition coefficient (Wildman–Crippen LogP) is 14.5. The van der Waals surface area contributed by atoms with Gasteiger partial charge in [-0.05, 0) is 111 Å².